The number of ether oxygens (including phenoxy) is 1. The highest BCUT2D eigenvalue weighted by Crippen LogP contribution is 2.46. The third-order valence-electron chi connectivity index (χ3n) is 4.86. The van der Waals surface area contributed by atoms with E-state index in [2.05, 4.69) is 21.2 Å². The van der Waals surface area contributed by atoms with Crippen LogP contribution in [0.5, 0.6) is 0 Å². The van der Waals surface area contributed by atoms with Crippen LogP contribution < -0.4 is 5.32 Å². The number of esters is 1. The molecule has 2 aliphatic rings. The first-order chi connectivity index (χ1) is 12.5. The van der Waals surface area contributed by atoms with Crippen molar-refractivity contribution >= 4 is 33.4 Å². The molecule has 4 nitrogen and oxygen atoms in total. The van der Waals surface area contributed by atoms with E-state index in [1.807, 2.05) is 55.5 Å². The molecule has 4 rings (SSSR count). The highest BCUT2D eigenvalue weighted by molar-refractivity contribution is 9.10. The molecule has 26 heavy (non-hydrogen) atoms. The van der Waals surface area contributed by atoms with Crippen LogP contribution in [0.2, 0.25) is 0 Å². The molecule has 0 spiro atoms. The zero-order valence-corrected chi connectivity index (χ0v) is 15.9. The number of dihydropyridines is 1. The summed E-state index contributed by atoms with van der Waals surface area (Å²) in [6.45, 7) is 1.84. The normalized spacial score (nSPS) is 18.4. The smallest absolute Gasteiger partial charge is 0.336 e. The largest absolute Gasteiger partial charge is 0.466 e. The van der Waals surface area contributed by atoms with Gasteiger partial charge in [-0.3, -0.25) is 4.79 Å². The summed E-state index contributed by atoms with van der Waals surface area (Å²) in [4.78, 5) is 25.7. The fourth-order valence-electron chi connectivity index (χ4n) is 3.70. The summed E-state index contributed by atoms with van der Waals surface area (Å²) in [7, 11) is 1.36. The molecular weight excluding hydrogens is 394 g/mol. The van der Waals surface area contributed by atoms with Gasteiger partial charge in [-0.15, -0.1) is 0 Å². The maximum absolute atomic E-state index is 13.2. The van der Waals surface area contributed by atoms with Gasteiger partial charge in [0.1, 0.15) is 0 Å². The molecule has 5 heteroatoms. The van der Waals surface area contributed by atoms with Crippen LogP contribution in [0.25, 0.3) is 5.70 Å². The van der Waals surface area contributed by atoms with Gasteiger partial charge in [0.05, 0.1) is 18.4 Å². The van der Waals surface area contributed by atoms with E-state index in [0.717, 1.165) is 21.3 Å². The lowest BCUT2D eigenvalue weighted by Gasteiger charge is -2.29. The van der Waals surface area contributed by atoms with Crippen molar-refractivity contribution in [1.82, 2.24) is 5.32 Å². The Labute approximate surface area is 159 Å². The van der Waals surface area contributed by atoms with Gasteiger partial charge in [0.15, 0.2) is 5.78 Å². The molecule has 1 N–H and O–H groups in total. The monoisotopic (exact) mass is 409 g/mol. The van der Waals surface area contributed by atoms with E-state index < -0.39 is 11.9 Å². The van der Waals surface area contributed by atoms with Gasteiger partial charge in [0.25, 0.3) is 0 Å². The van der Waals surface area contributed by atoms with Crippen molar-refractivity contribution in [3.8, 4) is 0 Å². The number of ketones is 1. The Bertz CT molecular complexity index is 1000. The van der Waals surface area contributed by atoms with Crippen LogP contribution in [0.3, 0.4) is 0 Å². The number of allylic oxidation sites excluding steroid dienone is 2. The standard InChI is InChI=1S/C21H16BrNO3/c1-11-16(21(25)26-2)17(12-7-9-13(22)10-8-12)18-19(23-11)14-5-3-4-6-15(14)20(18)24/h3-10,17,23H,1-2H3/t17-/m0/s1. The molecule has 0 fully saturated rings. The topological polar surface area (TPSA) is 55.4 Å². The highest BCUT2D eigenvalue weighted by Gasteiger charge is 2.42. The molecule has 0 unspecified atom stereocenters. The van der Waals surface area contributed by atoms with Gasteiger partial charge in [0, 0.05) is 32.8 Å². The predicted octanol–water partition coefficient (Wildman–Crippen LogP) is 4.19. The van der Waals surface area contributed by atoms with Gasteiger partial charge in [-0.05, 0) is 24.6 Å². The second-order valence-corrected chi connectivity index (χ2v) is 7.22. The van der Waals surface area contributed by atoms with Crippen LogP contribution >= 0.6 is 15.9 Å². The second kappa shape index (κ2) is 6.25. The quantitative estimate of drug-likeness (QED) is 0.755. The van der Waals surface area contributed by atoms with E-state index >= 15 is 0 Å². The third kappa shape index (κ3) is 2.42. The number of rotatable bonds is 2. The van der Waals surface area contributed by atoms with E-state index in [9.17, 15) is 9.59 Å². The summed E-state index contributed by atoms with van der Waals surface area (Å²) in [6, 6.07) is 15.2. The molecule has 1 heterocycles. The number of nitrogens with one attached hydrogen (secondary N) is 1. The molecule has 0 radical (unpaired) electrons. The predicted molar refractivity (Wildman–Crippen MR) is 102 cm³/mol. The lowest BCUT2D eigenvalue weighted by atomic mass is 9.80. The van der Waals surface area contributed by atoms with E-state index in [1.54, 1.807) is 0 Å². The van der Waals surface area contributed by atoms with Crippen LogP contribution in [0.4, 0.5) is 0 Å². The summed E-state index contributed by atoms with van der Waals surface area (Å²) in [5, 5.41) is 3.27. The number of hydrogen-bond acceptors (Lipinski definition) is 4. The summed E-state index contributed by atoms with van der Waals surface area (Å²) in [6.07, 6.45) is 0. The number of benzene rings is 2. The van der Waals surface area contributed by atoms with Crippen LogP contribution in [0, 0.1) is 0 Å². The number of carbonyl (C=O) groups excluding carboxylic acids is 2. The molecule has 0 bridgehead atoms. The first-order valence-corrected chi connectivity index (χ1v) is 9.02. The van der Waals surface area contributed by atoms with Crippen molar-refractivity contribution in [3.05, 3.63) is 86.5 Å². The molecule has 130 valence electrons. The van der Waals surface area contributed by atoms with Gasteiger partial charge >= 0.3 is 5.97 Å². The number of hydrogen-bond donors (Lipinski definition) is 1. The number of methoxy groups -OCH3 is 1. The van der Waals surface area contributed by atoms with Gasteiger partial charge in [-0.1, -0.05) is 52.3 Å². The van der Waals surface area contributed by atoms with E-state index in [-0.39, 0.29) is 5.78 Å². The van der Waals surface area contributed by atoms with Crippen molar-refractivity contribution in [2.75, 3.05) is 7.11 Å². The Kier molecular flexibility index (Phi) is 4.04. The van der Waals surface area contributed by atoms with Crippen LogP contribution in [0.1, 0.15) is 34.3 Å². The molecule has 1 atom stereocenters. The molecule has 0 saturated carbocycles. The third-order valence-corrected chi connectivity index (χ3v) is 5.39. The summed E-state index contributed by atoms with van der Waals surface area (Å²) in [5.41, 5.74) is 4.96. The number of fused-ring (bicyclic) bond motifs is 2. The van der Waals surface area contributed by atoms with Gasteiger partial charge in [-0.2, -0.15) is 0 Å². The van der Waals surface area contributed by atoms with E-state index in [4.69, 9.17) is 4.74 Å². The minimum Gasteiger partial charge on any atom is -0.466 e. The summed E-state index contributed by atoms with van der Waals surface area (Å²) >= 11 is 3.44. The Morgan fingerprint density at radius 2 is 1.73 bits per heavy atom. The van der Waals surface area contributed by atoms with Gasteiger partial charge in [0.2, 0.25) is 0 Å². The number of carbonyl (C=O) groups is 2. The Morgan fingerprint density at radius 1 is 1.08 bits per heavy atom. The van der Waals surface area contributed by atoms with Crippen molar-refractivity contribution < 1.29 is 14.3 Å². The average Bonchev–Trinajstić information content (AvgIpc) is 2.93. The number of Topliss-reactive ketones (excluding diaryl/α,β-unsaturated/α-hetero) is 1. The lowest BCUT2D eigenvalue weighted by molar-refractivity contribution is -0.136. The van der Waals surface area contributed by atoms with Crippen LogP contribution in [0.15, 0.2) is 69.8 Å². The van der Waals surface area contributed by atoms with Crippen molar-refractivity contribution in [3.63, 3.8) is 0 Å². The molecule has 0 saturated heterocycles. The molecule has 0 amide bonds. The summed E-state index contributed by atoms with van der Waals surface area (Å²) < 4.78 is 5.95. The fourth-order valence-corrected chi connectivity index (χ4v) is 3.96. The van der Waals surface area contributed by atoms with Gasteiger partial charge in [-0.25, -0.2) is 4.79 Å². The van der Waals surface area contributed by atoms with Crippen LogP contribution in [-0.4, -0.2) is 18.9 Å². The zero-order chi connectivity index (χ0) is 18.4. The number of halogens is 1. The summed E-state index contributed by atoms with van der Waals surface area (Å²) in [5.74, 6) is -0.949. The molecule has 2 aromatic carbocycles. The van der Waals surface area contributed by atoms with E-state index in [1.165, 1.54) is 7.11 Å². The Morgan fingerprint density at radius 3 is 2.38 bits per heavy atom. The van der Waals surface area contributed by atoms with Gasteiger partial charge < -0.3 is 10.1 Å². The SMILES string of the molecule is COC(=O)C1=C(C)NC2=C(C(=O)c3ccccc32)[C@H]1c1ccc(Br)cc1. The molecule has 2 aromatic rings. The average molecular weight is 410 g/mol. The molecule has 1 aliphatic carbocycles. The minimum atomic E-state index is -0.466. The maximum atomic E-state index is 13.2. The fraction of sp³-hybridized carbons (Fsp3) is 0.143. The first kappa shape index (κ1) is 16.8. The molecule has 1 aliphatic heterocycles. The van der Waals surface area contributed by atoms with Crippen molar-refractivity contribution in [2.45, 2.75) is 12.8 Å². The van der Waals surface area contributed by atoms with Crippen molar-refractivity contribution in [2.24, 2.45) is 0 Å². The molecular formula is C21H16BrNO3. The lowest BCUT2D eigenvalue weighted by Crippen LogP contribution is -2.29. The highest BCUT2D eigenvalue weighted by atomic mass is 79.9. The van der Waals surface area contributed by atoms with E-state index in [0.29, 0.717) is 22.4 Å². The minimum absolute atomic E-state index is 0.0510. The maximum Gasteiger partial charge on any atom is 0.336 e. The second-order valence-electron chi connectivity index (χ2n) is 6.30. The first-order valence-electron chi connectivity index (χ1n) is 8.22. The Balaban J connectivity index is 1.95. The zero-order valence-electron chi connectivity index (χ0n) is 14.3. The Hall–Kier alpha value is -2.66. The van der Waals surface area contributed by atoms with Crippen molar-refractivity contribution in [1.29, 1.82) is 0 Å². The van der Waals surface area contributed by atoms with Crippen LogP contribution in [-0.2, 0) is 9.53 Å². The molecule has 0 aromatic heterocycles.